The fraction of sp³-hybridized carbons (Fsp3) is 0.583. The van der Waals surface area contributed by atoms with Crippen LogP contribution in [0.5, 0.6) is 5.88 Å². The number of hydrogen-bond donors (Lipinski definition) is 0. The van der Waals surface area contributed by atoms with Gasteiger partial charge < -0.3 is 14.4 Å². The zero-order valence-corrected chi connectivity index (χ0v) is 10.4. The number of aromatic nitrogens is 2. The maximum absolute atomic E-state index is 11.7. The van der Waals surface area contributed by atoms with Crippen LogP contribution in [0.4, 0.5) is 0 Å². The van der Waals surface area contributed by atoms with E-state index in [1.165, 1.54) is 0 Å². The van der Waals surface area contributed by atoms with Gasteiger partial charge in [-0.25, -0.2) is 4.98 Å². The van der Waals surface area contributed by atoms with E-state index in [1.54, 1.807) is 23.5 Å². The number of rotatable bonds is 5. The fourth-order valence-electron chi connectivity index (χ4n) is 1.85. The second-order valence-corrected chi connectivity index (χ2v) is 4.05. The predicted octanol–water partition coefficient (Wildman–Crippen LogP) is 0.493. The Morgan fingerprint density at radius 1 is 1.56 bits per heavy atom. The lowest BCUT2D eigenvalue weighted by molar-refractivity contribution is -0.135. The van der Waals surface area contributed by atoms with E-state index in [-0.39, 0.29) is 18.6 Å². The summed E-state index contributed by atoms with van der Waals surface area (Å²) < 4.78 is 10.8. The molecule has 1 aliphatic heterocycles. The van der Waals surface area contributed by atoms with E-state index in [0.717, 1.165) is 6.42 Å². The molecular formula is C12H17N3O3. The second-order valence-electron chi connectivity index (χ2n) is 4.05. The normalized spacial score (nSPS) is 18.9. The lowest BCUT2D eigenvalue weighted by Gasteiger charge is -2.16. The second kappa shape index (κ2) is 6.30. The summed E-state index contributed by atoms with van der Waals surface area (Å²) in [6.45, 7) is 3.87. The van der Waals surface area contributed by atoms with E-state index in [9.17, 15) is 4.79 Å². The average molecular weight is 251 g/mol. The molecular weight excluding hydrogens is 234 g/mol. The smallest absolute Gasteiger partial charge is 0.248 e. The van der Waals surface area contributed by atoms with Crippen LogP contribution in [0.15, 0.2) is 18.6 Å². The minimum atomic E-state index is -0.00715. The summed E-state index contributed by atoms with van der Waals surface area (Å²) in [5, 5.41) is 0. The van der Waals surface area contributed by atoms with Crippen molar-refractivity contribution in [3.8, 4) is 5.88 Å². The van der Waals surface area contributed by atoms with Crippen LogP contribution in [0, 0.1) is 0 Å². The molecule has 0 spiro atoms. The van der Waals surface area contributed by atoms with Crippen molar-refractivity contribution in [3.63, 3.8) is 0 Å². The molecule has 2 rings (SSSR count). The van der Waals surface area contributed by atoms with Gasteiger partial charge in [0.1, 0.15) is 12.7 Å². The van der Waals surface area contributed by atoms with Gasteiger partial charge in [0.2, 0.25) is 11.8 Å². The Morgan fingerprint density at radius 3 is 3.17 bits per heavy atom. The van der Waals surface area contributed by atoms with Gasteiger partial charge in [0.25, 0.3) is 0 Å². The first-order valence-electron chi connectivity index (χ1n) is 6.07. The third-order valence-corrected chi connectivity index (χ3v) is 2.75. The molecule has 1 saturated heterocycles. The van der Waals surface area contributed by atoms with E-state index >= 15 is 0 Å². The molecule has 1 fully saturated rings. The Labute approximate surface area is 106 Å². The van der Waals surface area contributed by atoms with Crippen molar-refractivity contribution < 1.29 is 14.3 Å². The molecule has 0 radical (unpaired) electrons. The van der Waals surface area contributed by atoms with Crippen LogP contribution < -0.4 is 4.74 Å². The van der Waals surface area contributed by atoms with Crippen molar-refractivity contribution in [1.82, 2.24) is 14.9 Å². The first-order valence-corrected chi connectivity index (χ1v) is 6.07. The monoisotopic (exact) mass is 251 g/mol. The molecule has 6 heteroatoms. The lowest BCUT2D eigenvalue weighted by atomic mass is 10.3. The number of amides is 1. The third-order valence-electron chi connectivity index (χ3n) is 2.75. The highest BCUT2D eigenvalue weighted by Gasteiger charge is 2.27. The number of carbonyl (C=O) groups excluding carboxylic acids is 1. The SMILES string of the molecule is CCOCC(=O)N1CC[C@H](Oc2cnccn2)C1. The van der Waals surface area contributed by atoms with Crippen LogP contribution in [0.25, 0.3) is 0 Å². The molecule has 0 unspecified atom stereocenters. The van der Waals surface area contributed by atoms with Gasteiger partial charge in [-0.15, -0.1) is 0 Å². The molecule has 1 amide bonds. The van der Waals surface area contributed by atoms with Crippen molar-refractivity contribution in [3.05, 3.63) is 18.6 Å². The number of carbonyl (C=O) groups is 1. The van der Waals surface area contributed by atoms with Crippen molar-refractivity contribution in [1.29, 1.82) is 0 Å². The predicted molar refractivity (Wildman–Crippen MR) is 64.1 cm³/mol. The van der Waals surface area contributed by atoms with Gasteiger partial charge in [0.05, 0.1) is 12.7 Å². The van der Waals surface area contributed by atoms with Crippen molar-refractivity contribution in [2.45, 2.75) is 19.4 Å². The van der Waals surface area contributed by atoms with Crippen molar-refractivity contribution in [2.24, 2.45) is 0 Å². The largest absolute Gasteiger partial charge is 0.471 e. The van der Waals surface area contributed by atoms with Gasteiger partial charge in [-0.1, -0.05) is 0 Å². The van der Waals surface area contributed by atoms with Gasteiger partial charge >= 0.3 is 0 Å². The average Bonchev–Trinajstić information content (AvgIpc) is 2.86. The summed E-state index contributed by atoms with van der Waals surface area (Å²) in [6.07, 6.45) is 5.56. The number of nitrogens with zero attached hydrogens (tertiary/aromatic N) is 3. The highest BCUT2D eigenvalue weighted by Crippen LogP contribution is 2.15. The van der Waals surface area contributed by atoms with Crippen LogP contribution in [0.3, 0.4) is 0 Å². The molecule has 6 nitrogen and oxygen atoms in total. The van der Waals surface area contributed by atoms with E-state index < -0.39 is 0 Å². The van der Waals surface area contributed by atoms with E-state index in [1.807, 2.05) is 6.92 Å². The molecule has 18 heavy (non-hydrogen) atoms. The van der Waals surface area contributed by atoms with Gasteiger partial charge in [-0.2, -0.15) is 0 Å². The van der Waals surface area contributed by atoms with Gasteiger partial charge in [0, 0.05) is 32.0 Å². The molecule has 1 aromatic rings. The molecule has 2 heterocycles. The molecule has 98 valence electrons. The molecule has 1 aliphatic rings. The molecule has 0 saturated carbocycles. The van der Waals surface area contributed by atoms with E-state index in [2.05, 4.69) is 9.97 Å². The van der Waals surface area contributed by atoms with Crippen molar-refractivity contribution in [2.75, 3.05) is 26.3 Å². The molecule has 1 aromatic heterocycles. The van der Waals surface area contributed by atoms with Crippen LogP contribution >= 0.6 is 0 Å². The summed E-state index contributed by atoms with van der Waals surface area (Å²) in [4.78, 5) is 21.5. The zero-order valence-electron chi connectivity index (χ0n) is 10.4. The Kier molecular flexibility index (Phi) is 4.46. The van der Waals surface area contributed by atoms with Gasteiger partial charge in [-0.3, -0.25) is 9.78 Å². The molecule has 0 aromatic carbocycles. The first-order chi connectivity index (χ1) is 8.79. The molecule has 0 bridgehead atoms. The highest BCUT2D eigenvalue weighted by molar-refractivity contribution is 5.77. The number of hydrogen-bond acceptors (Lipinski definition) is 5. The summed E-state index contributed by atoms with van der Waals surface area (Å²) in [6, 6.07) is 0. The fourth-order valence-corrected chi connectivity index (χ4v) is 1.85. The van der Waals surface area contributed by atoms with Crippen LogP contribution in [0.1, 0.15) is 13.3 Å². The quantitative estimate of drug-likeness (QED) is 0.762. The number of ether oxygens (including phenoxy) is 2. The Balaban J connectivity index is 1.80. The third kappa shape index (κ3) is 3.40. The van der Waals surface area contributed by atoms with Gasteiger partial charge in [-0.05, 0) is 6.92 Å². The molecule has 0 aliphatic carbocycles. The topological polar surface area (TPSA) is 64.5 Å². The maximum atomic E-state index is 11.7. The highest BCUT2D eigenvalue weighted by atomic mass is 16.5. The molecule has 0 N–H and O–H groups in total. The Hall–Kier alpha value is -1.69. The summed E-state index contributed by atoms with van der Waals surface area (Å²) in [5.41, 5.74) is 0. The Bertz CT molecular complexity index is 385. The zero-order chi connectivity index (χ0) is 12.8. The van der Waals surface area contributed by atoms with E-state index in [0.29, 0.717) is 25.6 Å². The minimum Gasteiger partial charge on any atom is -0.471 e. The molecule has 1 atom stereocenters. The maximum Gasteiger partial charge on any atom is 0.248 e. The van der Waals surface area contributed by atoms with E-state index in [4.69, 9.17) is 9.47 Å². The van der Waals surface area contributed by atoms with Crippen LogP contribution in [-0.4, -0.2) is 53.2 Å². The summed E-state index contributed by atoms with van der Waals surface area (Å²) in [5.74, 6) is 0.517. The lowest BCUT2D eigenvalue weighted by Crippen LogP contribution is -2.33. The standard InChI is InChI=1S/C12H17N3O3/c1-2-17-9-12(16)15-6-3-10(8-15)18-11-7-13-4-5-14-11/h4-5,7,10H,2-3,6,8-9H2,1H3/t10-/m0/s1. The number of likely N-dealkylation sites (tertiary alicyclic amines) is 1. The van der Waals surface area contributed by atoms with Crippen molar-refractivity contribution >= 4 is 5.91 Å². The van der Waals surface area contributed by atoms with Crippen LogP contribution in [0.2, 0.25) is 0 Å². The van der Waals surface area contributed by atoms with Gasteiger partial charge in [0.15, 0.2) is 0 Å². The first kappa shape index (κ1) is 12.8. The summed E-state index contributed by atoms with van der Waals surface area (Å²) >= 11 is 0. The summed E-state index contributed by atoms with van der Waals surface area (Å²) in [7, 11) is 0. The minimum absolute atomic E-state index is 0.00715. The van der Waals surface area contributed by atoms with Crippen LogP contribution in [-0.2, 0) is 9.53 Å². The Morgan fingerprint density at radius 2 is 2.44 bits per heavy atom.